The van der Waals surface area contributed by atoms with Crippen molar-refractivity contribution in [3.8, 4) is 0 Å². The van der Waals surface area contributed by atoms with E-state index >= 15 is 0 Å². The number of benzene rings is 1. The number of nitrogens with zero attached hydrogens (tertiary/aromatic N) is 3. The van der Waals surface area contributed by atoms with E-state index in [4.69, 9.17) is 4.42 Å². The number of amides is 1. The van der Waals surface area contributed by atoms with Crippen LogP contribution < -0.4 is 15.8 Å². The van der Waals surface area contributed by atoms with Crippen molar-refractivity contribution >= 4 is 22.7 Å². The molecule has 0 unspecified atom stereocenters. The topological polar surface area (TPSA) is 80.4 Å². The Hall–Kier alpha value is -3.09. The maximum atomic E-state index is 12.7. The fraction of sp³-hybridized carbons (Fsp3) is 0.381. The molecule has 0 saturated heterocycles. The largest absolute Gasteiger partial charge is 0.442 e. The van der Waals surface area contributed by atoms with Crippen LogP contribution in [0.5, 0.6) is 0 Å². The highest BCUT2D eigenvalue weighted by molar-refractivity contribution is 6.06. The summed E-state index contributed by atoms with van der Waals surface area (Å²) in [7, 11) is 1.60. The minimum absolute atomic E-state index is 0.197. The van der Waals surface area contributed by atoms with E-state index in [1.54, 1.807) is 14.0 Å². The van der Waals surface area contributed by atoms with Gasteiger partial charge in [-0.3, -0.25) is 9.59 Å². The quantitative estimate of drug-likeness (QED) is 0.636. The molecule has 0 radical (unpaired) electrons. The van der Waals surface area contributed by atoms with Gasteiger partial charge in [-0.15, -0.1) is 0 Å². The Morgan fingerprint density at radius 3 is 2.82 bits per heavy atom. The van der Waals surface area contributed by atoms with Gasteiger partial charge in [0.25, 0.3) is 11.5 Å². The molecule has 0 spiro atoms. The third kappa shape index (κ3) is 3.93. The van der Waals surface area contributed by atoms with Gasteiger partial charge >= 0.3 is 0 Å². The van der Waals surface area contributed by atoms with Gasteiger partial charge in [-0.2, -0.15) is 0 Å². The Balaban J connectivity index is 1.65. The fourth-order valence-electron chi connectivity index (χ4n) is 3.32. The van der Waals surface area contributed by atoms with Crippen molar-refractivity contribution in [2.45, 2.75) is 27.2 Å². The van der Waals surface area contributed by atoms with Gasteiger partial charge in [0.15, 0.2) is 0 Å². The Kier molecular flexibility index (Phi) is 5.82. The monoisotopic (exact) mass is 382 g/mol. The van der Waals surface area contributed by atoms with Gasteiger partial charge in [0.2, 0.25) is 5.71 Å². The molecule has 28 heavy (non-hydrogen) atoms. The second-order valence-corrected chi connectivity index (χ2v) is 6.90. The first-order valence-electron chi connectivity index (χ1n) is 9.47. The van der Waals surface area contributed by atoms with Gasteiger partial charge in [0, 0.05) is 32.4 Å². The van der Waals surface area contributed by atoms with Crippen LogP contribution in [0, 0.1) is 13.8 Å². The number of carbonyl (C=O) groups is 1. The second-order valence-electron chi connectivity index (χ2n) is 6.90. The fourth-order valence-corrected chi connectivity index (χ4v) is 3.32. The standard InChI is InChI=1S/C21H26N4O3/c1-5-25(16-9-6-8-14(2)12-16)11-7-10-22-19(26)17-15(3)28-20-18(17)21(27)24(4)13-23-20/h6,8-9,12-13H,5,7,10-11H2,1-4H3,(H,22,26). The predicted molar refractivity (Wildman–Crippen MR) is 110 cm³/mol. The van der Waals surface area contributed by atoms with Crippen molar-refractivity contribution in [2.24, 2.45) is 7.05 Å². The van der Waals surface area contributed by atoms with Crippen molar-refractivity contribution < 1.29 is 9.21 Å². The van der Waals surface area contributed by atoms with E-state index in [1.165, 1.54) is 22.1 Å². The van der Waals surface area contributed by atoms with Gasteiger partial charge < -0.3 is 19.2 Å². The van der Waals surface area contributed by atoms with E-state index in [9.17, 15) is 9.59 Å². The Labute approximate surface area is 164 Å². The van der Waals surface area contributed by atoms with Crippen molar-refractivity contribution in [1.82, 2.24) is 14.9 Å². The predicted octanol–water partition coefficient (Wildman–Crippen LogP) is 2.79. The molecule has 1 aromatic carbocycles. The summed E-state index contributed by atoms with van der Waals surface area (Å²) in [5, 5.41) is 3.14. The van der Waals surface area contributed by atoms with Gasteiger partial charge in [-0.05, 0) is 44.9 Å². The molecule has 0 fully saturated rings. The zero-order valence-electron chi connectivity index (χ0n) is 16.8. The Morgan fingerprint density at radius 2 is 2.11 bits per heavy atom. The zero-order chi connectivity index (χ0) is 20.3. The average Bonchev–Trinajstić information content (AvgIpc) is 3.01. The van der Waals surface area contributed by atoms with E-state index < -0.39 is 0 Å². The lowest BCUT2D eigenvalue weighted by atomic mass is 10.1. The molecule has 0 aliphatic carbocycles. The number of anilines is 1. The van der Waals surface area contributed by atoms with Crippen molar-refractivity contribution in [2.75, 3.05) is 24.5 Å². The lowest BCUT2D eigenvalue weighted by molar-refractivity contribution is 0.0953. The molecule has 2 aromatic heterocycles. The zero-order valence-corrected chi connectivity index (χ0v) is 16.8. The molecule has 0 saturated carbocycles. The Bertz CT molecular complexity index is 1050. The van der Waals surface area contributed by atoms with Gasteiger partial charge in [-0.1, -0.05) is 12.1 Å². The summed E-state index contributed by atoms with van der Waals surface area (Å²) in [5.74, 6) is 0.0956. The molecule has 2 heterocycles. The molecule has 0 aliphatic heterocycles. The highest BCUT2D eigenvalue weighted by Crippen LogP contribution is 2.20. The van der Waals surface area contributed by atoms with Gasteiger partial charge in [-0.25, -0.2) is 4.98 Å². The first-order valence-corrected chi connectivity index (χ1v) is 9.47. The molecule has 1 amide bonds. The number of aromatic nitrogens is 2. The lowest BCUT2D eigenvalue weighted by Gasteiger charge is -2.23. The smallest absolute Gasteiger partial charge is 0.265 e. The third-order valence-corrected chi connectivity index (χ3v) is 4.81. The van der Waals surface area contributed by atoms with E-state index in [1.807, 2.05) is 0 Å². The van der Waals surface area contributed by atoms with E-state index in [2.05, 4.69) is 53.3 Å². The number of nitrogens with one attached hydrogen (secondary N) is 1. The van der Waals surface area contributed by atoms with Crippen LogP contribution in [0.15, 0.2) is 39.8 Å². The molecule has 3 aromatic rings. The second kappa shape index (κ2) is 8.29. The third-order valence-electron chi connectivity index (χ3n) is 4.81. The Morgan fingerprint density at radius 1 is 1.32 bits per heavy atom. The van der Waals surface area contributed by atoms with Crippen LogP contribution in [-0.2, 0) is 7.05 Å². The van der Waals surface area contributed by atoms with Crippen LogP contribution >= 0.6 is 0 Å². The molecule has 148 valence electrons. The van der Waals surface area contributed by atoms with Crippen LogP contribution in [-0.4, -0.2) is 35.1 Å². The normalized spacial score (nSPS) is 11.0. The van der Waals surface area contributed by atoms with Crippen molar-refractivity contribution in [3.63, 3.8) is 0 Å². The first-order chi connectivity index (χ1) is 13.4. The highest BCUT2D eigenvalue weighted by Gasteiger charge is 2.22. The maximum absolute atomic E-state index is 12.7. The molecular formula is C21H26N4O3. The number of rotatable bonds is 7. The summed E-state index contributed by atoms with van der Waals surface area (Å²) in [6.45, 7) is 8.10. The van der Waals surface area contributed by atoms with Crippen molar-refractivity contribution in [3.05, 3.63) is 57.8 Å². The summed E-state index contributed by atoms with van der Waals surface area (Å²) < 4.78 is 6.84. The SMILES string of the molecule is CCN(CCCNC(=O)c1c(C)oc2ncn(C)c(=O)c12)c1cccc(C)c1. The van der Waals surface area contributed by atoms with Crippen LogP contribution in [0.25, 0.3) is 11.1 Å². The van der Waals surface area contributed by atoms with Crippen LogP contribution in [0.4, 0.5) is 5.69 Å². The molecule has 1 N–H and O–H groups in total. The minimum atomic E-state index is -0.306. The molecule has 0 bridgehead atoms. The number of fused-ring (bicyclic) bond motifs is 1. The summed E-state index contributed by atoms with van der Waals surface area (Å²) in [6.07, 6.45) is 2.18. The van der Waals surface area contributed by atoms with Crippen LogP contribution in [0.3, 0.4) is 0 Å². The summed E-state index contributed by atoms with van der Waals surface area (Å²) in [4.78, 5) is 31.4. The molecule has 0 aliphatic rings. The number of hydrogen-bond acceptors (Lipinski definition) is 5. The molecule has 7 nitrogen and oxygen atoms in total. The highest BCUT2D eigenvalue weighted by atomic mass is 16.3. The molecule has 7 heteroatoms. The number of carbonyl (C=O) groups excluding carboxylic acids is 1. The molecular weight excluding hydrogens is 356 g/mol. The average molecular weight is 382 g/mol. The van der Waals surface area contributed by atoms with Gasteiger partial charge in [0.1, 0.15) is 17.5 Å². The van der Waals surface area contributed by atoms with E-state index in [0.717, 1.165) is 19.5 Å². The first kappa shape index (κ1) is 19.7. The van der Waals surface area contributed by atoms with Gasteiger partial charge in [0.05, 0.1) is 5.56 Å². The lowest BCUT2D eigenvalue weighted by Crippen LogP contribution is -2.30. The summed E-state index contributed by atoms with van der Waals surface area (Å²) in [6, 6.07) is 8.38. The number of furan rings is 1. The van der Waals surface area contributed by atoms with Crippen molar-refractivity contribution in [1.29, 1.82) is 0 Å². The summed E-state index contributed by atoms with van der Waals surface area (Å²) >= 11 is 0. The summed E-state index contributed by atoms with van der Waals surface area (Å²) in [5.41, 5.74) is 2.59. The van der Waals surface area contributed by atoms with E-state index in [-0.39, 0.29) is 28.1 Å². The van der Waals surface area contributed by atoms with E-state index in [0.29, 0.717) is 12.3 Å². The van der Waals surface area contributed by atoms with Crippen LogP contribution in [0.1, 0.15) is 35.0 Å². The van der Waals surface area contributed by atoms with Crippen LogP contribution in [0.2, 0.25) is 0 Å². The number of aryl methyl sites for hydroxylation is 3. The molecule has 0 atom stereocenters. The maximum Gasteiger partial charge on any atom is 0.265 e. The minimum Gasteiger partial charge on any atom is -0.442 e. The number of hydrogen-bond donors (Lipinski definition) is 1. The molecule has 3 rings (SSSR count).